The summed E-state index contributed by atoms with van der Waals surface area (Å²) < 4.78 is 26.7. The topological polar surface area (TPSA) is 180 Å². The van der Waals surface area contributed by atoms with E-state index in [1.165, 1.54) is 0 Å². The number of amides is 2. The first-order valence-electron chi connectivity index (χ1n) is 12.6. The van der Waals surface area contributed by atoms with E-state index >= 15 is 0 Å². The summed E-state index contributed by atoms with van der Waals surface area (Å²) in [6, 6.07) is 5.43. The number of aliphatic carboxylic acids is 1. The molecule has 1 rings (SSSR count). The minimum absolute atomic E-state index is 0.0341. The first kappa shape index (κ1) is 33.2. The predicted octanol–water partition coefficient (Wildman–Crippen LogP) is -0.151. The smallest absolute Gasteiger partial charge is 0.326 e. The maximum atomic E-state index is 12.3. The van der Waals surface area contributed by atoms with E-state index in [-0.39, 0.29) is 25.3 Å². The van der Waals surface area contributed by atoms with Crippen LogP contribution in [0.1, 0.15) is 23.2 Å². The molecule has 1 aromatic carbocycles. The molecule has 0 radical (unpaired) electrons. The molecule has 0 spiro atoms. The molecule has 2 amide bonds. The lowest BCUT2D eigenvalue weighted by atomic mass is 10.1. The summed E-state index contributed by atoms with van der Waals surface area (Å²) in [4.78, 5) is 35.8. The van der Waals surface area contributed by atoms with Gasteiger partial charge in [0.05, 0.1) is 66.1 Å². The highest BCUT2D eigenvalue weighted by atomic mass is 16.6. The van der Waals surface area contributed by atoms with E-state index in [0.717, 1.165) is 5.69 Å². The Morgan fingerprint density at radius 2 is 1.32 bits per heavy atom. The van der Waals surface area contributed by atoms with Crippen molar-refractivity contribution in [3.8, 4) is 0 Å². The summed E-state index contributed by atoms with van der Waals surface area (Å²) >= 11 is 0. The summed E-state index contributed by atoms with van der Waals surface area (Å²) in [5, 5.41) is 17.4. The Labute approximate surface area is 223 Å². The van der Waals surface area contributed by atoms with Gasteiger partial charge in [-0.25, -0.2) is 4.79 Å². The van der Waals surface area contributed by atoms with Gasteiger partial charge in [-0.2, -0.15) is 0 Å². The minimum Gasteiger partial charge on any atom is -0.480 e. The fraction of sp³-hybridized carbons (Fsp3) is 0.640. The molecular formula is C25H42N4O9. The van der Waals surface area contributed by atoms with E-state index in [0.29, 0.717) is 78.2 Å². The molecule has 1 aromatic rings. The molecule has 38 heavy (non-hydrogen) atoms. The molecule has 13 heteroatoms. The van der Waals surface area contributed by atoms with Crippen molar-refractivity contribution in [3.05, 3.63) is 29.8 Å². The largest absolute Gasteiger partial charge is 0.480 e. The summed E-state index contributed by atoms with van der Waals surface area (Å²) in [5.74, 6) is -2.05. The lowest BCUT2D eigenvalue weighted by Gasteiger charge is -2.15. The van der Waals surface area contributed by atoms with Crippen molar-refractivity contribution in [3.63, 3.8) is 0 Å². The number of carbonyl (C=O) groups is 3. The van der Waals surface area contributed by atoms with Crippen LogP contribution in [0.5, 0.6) is 0 Å². The van der Waals surface area contributed by atoms with Crippen LogP contribution in [-0.2, 0) is 33.3 Å². The summed E-state index contributed by atoms with van der Waals surface area (Å²) in [5.41, 5.74) is 6.47. The number of carboxylic acid groups (broad SMARTS) is 1. The maximum Gasteiger partial charge on any atom is 0.326 e. The monoisotopic (exact) mass is 542 g/mol. The Morgan fingerprint density at radius 3 is 1.79 bits per heavy atom. The molecule has 0 aromatic heterocycles. The second-order valence-corrected chi connectivity index (χ2v) is 7.93. The quantitative estimate of drug-likeness (QED) is 0.110. The Kier molecular flexibility index (Phi) is 19.4. The van der Waals surface area contributed by atoms with Gasteiger partial charge in [-0.1, -0.05) is 0 Å². The fourth-order valence-corrected chi connectivity index (χ4v) is 2.98. The van der Waals surface area contributed by atoms with Crippen molar-refractivity contribution in [1.82, 2.24) is 10.6 Å². The normalized spacial score (nSPS) is 11.6. The fourth-order valence-electron chi connectivity index (χ4n) is 2.98. The maximum absolute atomic E-state index is 12.3. The third-order valence-electron chi connectivity index (χ3n) is 5.02. The van der Waals surface area contributed by atoms with Gasteiger partial charge in [-0.05, 0) is 30.7 Å². The Morgan fingerprint density at radius 1 is 0.816 bits per heavy atom. The van der Waals surface area contributed by atoms with Crippen molar-refractivity contribution in [2.45, 2.75) is 18.9 Å². The number of carbonyl (C=O) groups excluding carboxylic acids is 2. The molecule has 0 heterocycles. The van der Waals surface area contributed by atoms with Crippen molar-refractivity contribution in [2.75, 3.05) is 91.5 Å². The van der Waals surface area contributed by atoms with Gasteiger partial charge in [0.1, 0.15) is 6.04 Å². The Hall–Kier alpha value is -2.81. The molecule has 1 atom stereocenters. The third kappa shape index (κ3) is 16.8. The zero-order valence-electron chi connectivity index (χ0n) is 22.1. The zero-order chi connectivity index (χ0) is 27.8. The zero-order valence-corrected chi connectivity index (χ0v) is 22.1. The average molecular weight is 543 g/mol. The number of hydrogen-bond acceptors (Lipinski definition) is 10. The molecule has 0 aliphatic heterocycles. The summed E-state index contributed by atoms with van der Waals surface area (Å²) in [6.45, 7) is 5.22. The van der Waals surface area contributed by atoms with Gasteiger partial charge in [0.2, 0.25) is 5.91 Å². The minimum atomic E-state index is -1.20. The SMILES string of the molecule is CNc1ccc(C(=O)NC(CCC(=O)NCCOCCOCCOCCOCCOCCN)C(=O)O)cc1. The number of nitrogens with one attached hydrogen (secondary N) is 3. The second kappa shape index (κ2) is 22.2. The average Bonchev–Trinajstić information content (AvgIpc) is 2.92. The van der Waals surface area contributed by atoms with Gasteiger partial charge in [0.15, 0.2) is 0 Å². The number of rotatable bonds is 24. The van der Waals surface area contributed by atoms with Gasteiger partial charge in [0, 0.05) is 37.8 Å². The van der Waals surface area contributed by atoms with Gasteiger partial charge >= 0.3 is 5.97 Å². The predicted molar refractivity (Wildman–Crippen MR) is 140 cm³/mol. The highest BCUT2D eigenvalue weighted by Gasteiger charge is 2.21. The van der Waals surface area contributed by atoms with Crippen LogP contribution in [-0.4, -0.2) is 115 Å². The molecule has 1 unspecified atom stereocenters. The van der Waals surface area contributed by atoms with E-state index in [2.05, 4.69) is 16.0 Å². The lowest BCUT2D eigenvalue weighted by Crippen LogP contribution is -2.41. The summed E-state index contributed by atoms with van der Waals surface area (Å²) in [7, 11) is 1.75. The Bertz CT molecular complexity index is 781. The van der Waals surface area contributed by atoms with Crippen molar-refractivity contribution >= 4 is 23.5 Å². The molecule has 0 aliphatic carbocycles. The van der Waals surface area contributed by atoms with Crippen LogP contribution in [0.3, 0.4) is 0 Å². The van der Waals surface area contributed by atoms with Crippen LogP contribution in [0, 0.1) is 0 Å². The van der Waals surface area contributed by atoms with E-state index in [1.54, 1.807) is 31.3 Å². The molecule has 0 bridgehead atoms. The van der Waals surface area contributed by atoms with Crippen LogP contribution in [0.15, 0.2) is 24.3 Å². The van der Waals surface area contributed by atoms with Crippen LogP contribution < -0.4 is 21.7 Å². The highest BCUT2D eigenvalue weighted by molar-refractivity contribution is 5.97. The number of carboxylic acids is 1. The molecule has 0 saturated heterocycles. The standard InChI is InChI=1S/C25H42N4O9/c1-27-21-4-2-20(3-5-21)24(31)29-22(25(32)33)6-7-23(30)28-9-11-35-13-15-37-17-19-38-18-16-36-14-12-34-10-8-26/h2-5,22,27H,6-19,26H2,1H3,(H,28,30)(H,29,31)(H,32,33). The summed E-state index contributed by atoms with van der Waals surface area (Å²) in [6.07, 6.45) is -0.0836. The van der Waals surface area contributed by atoms with Crippen molar-refractivity contribution in [2.24, 2.45) is 5.73 Å². The molecule has 216 valence electrons. The number of ether oxygens (including phenoxy) is 5. The van der Waals surface area contributed by atoms with Crippen LogP contribution in [0.2, 0.25) is 0 Å². The van der Waals surface area contributed by atoms with Crippen LogP contribution in [0.4, 0.5) is 5.69 Å². The van der Waals surface area contributed by atoms with E-state index in [1.807, 2.05) is 0 Å². The molecule has 0 aliphatic rings. The second-order valence-electron chi connectivity index (χ2n) is 7.93. The number of hydrogen-bond donors (Lipinski definition) is 5. The molecular weight excluding hydrogens is 500 g/mol. The van der Waals surface area contributed by atoms with Crippen molar-refractivity contribution in [1.29, 1.82) is 0 Å². The first-order chi connectivity index (χ1) is 18.5. The van der Waals surface area contributed by atoms with E-state index in [9.17, 15) is 19.5 Å². The first-order valence-corrected chi connectivity index (χ1v) is 12.6. The van der Waals surface area contributed by atoms with Gasteiger partial charge < -0.3 is 50.5 Å². The Balaban J connectivity index is 2.00. The third-order valence-corrected chi connectivity index (χ3v) is 5.02. The van der Waals surface area contributed by atoms with Gasteiger partial charge in [-0.15, -0.1) is 0 Å². The van der Waals surface area contributed by atoms with E-state index < -0.39 is 17.9 Å². The number of benzene rings is 1. The highest BCUT2D eigenvalue weighted by Crippen LogP contribution is 2.09. The van der Waals surface area contributed by atoms with Crippen LogP contribution >= 0.6 is 0 Å². The van der Waals surface area contributed by atoms with Crippen molar-refractivity contribution < 1.29 is 43.2 Å². The molecule has 0 saturated carbocycles. The molecule has 6 N–H and O–H groups in total. The number of anilines is 1. The van der Waals surface area contributed by atoms with E-state index in [4.69, 9.17) is 29.4 Å². The molecule has 13 nitrogen and oxygen atoms in total. The van der Waals surface area contributed by atoms with Gasteiger partial charge in [0.25, 0.3) is 5.91 Å². The van der Waals surface area contributed by atoms with Crippen LogP contribution in [0.25, 0.3) is 0 Å². The number of nitrogens with two attached hydrogens (primary N) is 1. The van der Waals surface area contributed by atoms with Gasteiger partial charge in [-0.3, -0.25) is 9.59 Å². The molecule has 0 fully saturated rings. The lowest BCUT2D eigenvalue weighted by molar-refractivity contribution is -0.139.